The van der Waals surface area contributed by atoms with Gasteiger partial charge in [0.1, 0.15) is 17.2 Å². The Kier molecular flexibility index (Phi) is 8.84. The number of benzene rings is 2. The molecule has 1 unspecified atom stereocenters. The van der Waals surface area contributed by atoms with Crippen LogP contribution in [-0.4, -0.2) is 25.6 Å². The van der Waals surface area contributed by atoms with E-state index in [9.17, 15) is 18.0 Å². The first-order valence-electron chi connectivity index (χ1n) is 9.74. The SMILES string of the molecule is CC.O=CC1CCc2ccc(OCCCOc3ccc(C(F)(F)F)cc3Cl)cc2O1. The highest BCUT2D eigenvalue weighted by molar-refractivity contribution is 6.32. The molecule has 0 radical (unpaired) electrons. The molecular weight excluding hydrogens is 421 g/mol. The predicted molar refractivity (Wildman–Crippen MR) is 109 cm³/mol. The van der Waals surface area contributed by atoms with Crippen molar-refractivity contribution in [2.24, 2.45) is 0 Å². The molecule has 2 aromatic rings. The zero-order valence-corrected chi connectivity index (χ0v) is 17.6. The third kappa shape index (κ3) is 6.55. The van der Waals surface area contributed by atoms with Crippen molar-refractivity contribution in [3.8, 4) is 17.2 Å². The Morgan fingerprint density at radius 3 is 2.53 bits per heavy atom. The number of aldehydes is 1. The minimum Gasteiger partial charge on any atom is -0.493 e. The second-order valence-corrected chi connectivity index (χ2v) is 6.70. The molecule has 30 heavy (non-hydrogen) atoms. The lowest BCUT2D eigenvalue weighted by Gasteiger charge is -2.22. The average Bonchev–Trinajstić information content (AvgIpc) is 2.74. The summed E-state index contributed by atoms with van der Waals surface area (Å²) >= 11 is 5.84. The van der Waals surface area contributed by atoms with Gasteiger partial charge in [-0.25, -0.2) is 0 Å². The molecule has 1 aliphatic heterocycles. The molecule has 0 bridgehead atoms. The van der Waals surface area contributed by atoms with Crippen molar-refractivity contribution in [1.82, 2.24) is 0 Å². The first kappa shape index (κ1) is 23.9. The maximum absolute atomic E-state index is 12.6. The van der Waals surface area contributed by atoms with E-state index in [1.54, 1.807) is 6.07 Å². The van der Waals surface area contributed by atoms with Gasteiger partial charge in [-0.3, -0.25) is 4.79 Å². The van der Waals surface area contributed by atoms with Gasteiger partial charge in [0.15, 0.2) is 12.4 Å². The Bertz CT molecular complexity index is 840. The van der Waals surface area contributed by atoms with Gasteiger partial charge >= 0.3 is 6.18 Å². The normalized spacial score (nSPS) is 15.2. The highest BCUT2D eigenvalue weighted by Crippen LogP contribution is 2.35. The summed E-state index contributed by atoms with van der Waals surface area (Å²) < 4.78 is 54.5. The highest BCUT2D eigenvalue weighted by Gasteiger charge is 2.31. The summed E-state index contributed by atoms with van der Waals surface area (Å²) in [6.45, 7) is 4.58. The number of fused-ring (bicyclic) bond motifs is 1. The van der Waals surface area contributed by atoms with E-state index in [1.807, 2.05) is 26.0 Å². The molecule has 0 aromatic heterocycles. The number of aryl methyl sites for hydroxylation is 1. The fourth-order valence-electron chi connectivity index (χ4n) is 2.78. The van der Waals surface area contributed by atoms with Crippen molar-refractivity contribution >= 4 is 17.9 Å². The molecule has 0 spiro atoms. The van der Waals surface area contributed by atoms with E-state index in [2.05, 4.69) is 0 Å². The van der Waals surface area contributed by atoms with Crippen LogP contribution in [0, 0.1) is 0 Å². The fourth-order valence-corrected chi connectivity index (χ4v) is 3.02. The molecule has 0 fully saturated rings. The number of hydrogen-bond donors (Lipinski definition) is 0. The van der Waals surface area contributed by atoms with Crippen LogP contribution in [0.5, 0.6) is 17.2 Å². The number of hydrogen-bond acceptors (Lipinski definition) is 4. The van der Waals surface area contributed by atoms with Crippen LogP contribution in [-0.2, 0) is 17.4 Å². The van der Waals surface area contributed by atoms with Crippen molar-refractivity contribution in [2.45, 2.75) is 45.4 Å². The quantitative estimate of drug-likeness (QED) is 0.381. The van der Waals surface area contributed by atoms with Gasteiger partial charge in [-0.05, 0) is 42.7 Å². The molecule has 8 heteroatoms. The van der Waals surface area contributed by atoms with Crippen molar-refractivity contribution in [2.75, 3.05) is 13.2 Å². The smallest absolute Gasteiger partial charge is 0.416 e. The summed E-state index contributed by atoms with van der Waals surface area (Å²) in [6.07, 6.45) is -2.13. The Balaban J connectivity index is 0.00000155. The van der Waals surface area contributed by atoms with Crippen molar-refractivity contribution in [3.05, 3.63) is 52.5 Å². The number of carbonyl (C=O) groups excluding carboxylic acids is 1. The van der Waals surface area contributed by atoms with Crippen LogP contribution in [0.2, 0.25) is 5.02 Å². The third-order valence-electron chi connectivity index (χ3n) is 4.24. The van der Waals surface area contributed by atoms with Crippen LogP contribution < -0.4 is 14.2 Å². The Labute approximate surface area is 178 Å². The summed E-state index contributed by atoms with van der Waals surface area (Å²) in [6, 6.07) is 8.46. The molecule has 3 rings (SSSR count). The number of carbonyl (C=O) groups is 1. The predicted octanol–water partition coefficient (Wildman–Crippen LogP) is 6.13. The van der Waals surface area contributed by atoms with E-state index >= 15 is 0 Å². The van der Waals surface area contributed by atoms with Crippen LogP contribution in [0.3, 0.4) is 0 Å². The largest absolute Gasteiger partial charge is 0.493 e. The molecule has 0 aliphatic carbocycles. The monoisotopic (exact) mass is 444 g/mol. The minimum atomic E-state index is -4.44. The molecule has 1 atom stereocenters. The lowest BCUT2D eigenvalue weighted by molar-refractivity contribution is -0.137. The van der Waals surface area contributed by atoms with Gasteiger partial charge in [-0.1, -0.05) is 31.5 Å². The van der Waals surface area contributed by atoms with E-state index in [-0.39, 0.29) is 17.4 Å². The molecule has 4 nitrogen and oxygen atoms in total. The van der Waals surface area contributed by atoms with E-state index in [4.69, 9.17) is 25.8 Å². The first-order chi connectivity index (χ1) is 14.4. The van der Waals surface area contributed by atoms with Gasteiger partial charge in [-0.15, -0.1) is 0 Å². The second-order valence-electron chi connectivity index (χ2n) is 6.29. The van der Waals surface area contributed by atoms with Crippen LogP contribution in [0.1, 0.15) is 37.8 Å². The lowest BCUT2D eigenvalue weighted by atomic mass is 10.0. The van der Waals surface area contributed by atoms with Gasteiger partial charge < -0.3 is 14.2 Å². The van der Waals surface area contributed by atoms with Gasteiger partial charge in [0, 0.05) is 12.5 Å². The second kappa shape index (κ2) is 11.1. The molecule has 1 aliphatic rings. The van der Waals surface area contributed by atoms with E-state index in [0.29, 0.717) is 30.9 Å². The summed E-state index contributed by atoms with van der Waals surface area (Å²) in [5, 5.41) is -0.0905. The van der Waals surface area contributed by atoms with Crippen molar-refractivity contribution < 1.29 is 32.2 Å². The summed E-state index contributed by atoms with van der Waals surface area (Å²) in [7, 11) is 0. The maximum atomic E-state index is 12.6. The Morgan fingerprint density at radius 2 is 1.87 bits per heavy atom. The molecule has 164 valence electrons. The summed E-state index contributed by atoms with van der Waals surface area (Å²) in [5.41, 5.74) is 0.213. The number of alkyl halides is 3. The summed E-state index contributed by atoms with van der Waals surface area (Å²) in [5.74, 6) is 1.45. The fraction of sp³-hybridized carbons (Fsp3) is 0.409. The van der Waals surface area contributed by atoms with Crippen molar-refractivity contribution in [3.63, 3.8) is 0 Å². The maximum Gasteiger partial charge on any atom is 0.416 e. The zero-order chi connectivity index (χ0) is 22.1. The molecule has 0 saturated carbocycles. The molecular formula is C22H24ClF3O4. The standard InChI is InChI=1S/C20H18ClF3O4.C2H6/c21-17-10-14(20(22,23)24)4-7-18(17)27-9-1-8-26-15-5-2-13-3-6-16(12-25)28-19(13)11-15;1-2/h2,4-5,7,10-12,16H,1,3,6,8-9H2;1-2H3. The number of halogens is 4. The van der Waals surface area contributed by atoms with E-state index in [1.165, 1.54) is 6.07 Å². The minimum absolute atomic E-state index is 0.0905. The van der Waals surface area contributed by atoms with E-state index in [0.717, 1.165) is 30.4 Å². The molecule has 1 heterocycles. The Hall–Kier alpha value is -2.41. The lowest BCUT2D eigenvalue weighted by Crippen LogP contribution is -2.23. The topological polar surface area (TPSA) is 44.8 Å². The number of ether oxygens (including phenoxy) is 3. The van der Waals surface area contributed by atoms with Crippen molar-refractivity contribution in [1.29, 1.82) is 0 Å². The van der Waals surface area contributed by atoms with Crippen LogP contribution >= 0.6 is 11.6 Å². The molecule has 0 amide bonds. The molecule has 2 aromatic carbocycles. The van der Waals surface area contributed by atoms with Gasteiger partial charge in [0.2, 0.25) is 0 Å². The van der Waals surface area contributed by atoms with Gasteiger partial charge in [0.05, 0.1) is 23.8 Å². The average molecular weight is 445 g/mol. The highest BCUT2D eigenvalue weighted by atomic mass is 35.5. The van der Waals surface area contributed by atoms with Crippen LogP contribution in [0.25, 0.3) is 0 Å². The van der Waals surface area contributed by atoms with Gasteiger partial charge in [-0.2, -0.15) is 13.2 Å². The molecule has 0 N–H and O–H groups in total. The zero-order valence-electron chi connectivity index (χ0n) is 16.8. The Morgan fingerprint density at radius 1 is 1.13 bits per heavy atom. The van der Waals surface area contributed by atoms with Gasteiger partial charge in [0.25, 0.3) is 0 Å². The number of rotatable bonds is 7. The molecule has 0 saturated heterocycles. The van der Waals surface area contributed by atoms with E-state index < -0.39 is 17.8 Å². The first-order valence-corrected chi connectivity index (χ1v) is 10.1. The third-order valence-corrected chi connectivity index (χ3v) is 4.54. The summed E-state index contributed by atoms with van der Waals surface area (Å²) in [4.78, 5) is 10.9. The van der Waals surface area contributed by atoms with Crippen LogP contribution in [0.15, 0.2) is 36.4 Å². The van der Waals surface area contributed by atoms with Crippen LogP contribution in [0.4, 0.5) is 13.2 Å².